The lowest BCUT2D eigenvalue weighted by atomic mass is 10.0. The topological polar surface area (TPSA) is 9.23 Å². The molecule has 0 N–H and O–H groups in total. The number of unbranched alkanes of at least 4 members (excludes halogenated alkanes) is 9. The minimum atomic E-state index is 0.386. The summed E-state index contributed by atoms with van der Waals surface area (Å²) in [5.74, 6) is 1.02. The number of hydrogen-bond acceptors (Lipinski definition) is 1. The van der Waals surface area contributed by atoms with Gasteiger partial charge < -0.3 is 4.74 Å². The summed E-state index contributed by atoms with van der Waals surface area (Å²) < 4.78 is 6.05. The zero-order valence-corrected chi connectivity index (χ0v) is 14.9. The van der Waals surface area contributed by atoms with Gasteiger partial charge in [0.1, 0.15) is 5.75 Å². The quantitative estimate of drug-likeness (QED) is 0.331. The van der Waals surface area contributed by atoms with Crippen molar-refractivity contribution in [1.29, 1.82) is 0 Å². The molecule has 0 radical (unpaired) electrons. The van der Waals surface area contributed by atoms with Crippen molar-refractivity contribution in [3.63, 3.8) is 0 Å². The minimum absolute atomic E-state index is 0.386. The van der Waals surface area contributed by atoms with E-state index in [-0.39, 0.29) is 0 Å². The van der Waals surface area contributed by atoms with Gasteiger partial charge in [0.15, 0.2) is 0 Å². The van der Waals surface area contributed by atoms with Gasteiger partial charge in [0.05, 0.1) is 6.10 Å². The predicted octanol–water partition coefficient (Wildman–Crippen LogP) is 7.16. The first-order valence-electron chi connectivity index (χ1n) is 9.58. The lowest BCUT2D eigenvalue weighted by Crippen LogP contribution is -2.15. The van der Waals surface area contributed by atoms with Gasteiger partial charge in [0.2, 0.25) is 0 Å². The van der Waals surface area contributed by atoms with Gasteiger partial charge in [0.25, 0.3) is 0 Å². The molecular formula is C21H36O. The molecule has 0 spiro atoms. The van der Waals surface area contributed by atoms with Crippen molar-refractivity contribution in [1.82, 2.24) is 0 Å². The maximum atomic E-state index is 6.05. The fraction of sp³-hybridized carbons (Fsp3) is 0.714. The number of ether oxygens (including phenoxy) is 1. The predicted molar refractivity (Wildman–Crippen MR) is 97.6 cm³/mol. The second-order valence-electron chi connectivity index (χ2n) is 6.43. The van der Waals surface area contributed by atoms with Crippen LogP contribution in [-0.4, -0.2) is 6.10 Å². The van der Waals surface area contributed by atoms with Crippen LogP contribution in [0.15, 0.2) is 30.3 Å². The lowest BCUT2D eigenvalue weighted by molar-refractivity contribution is 0.182. The highest BCUT2D eigenvalue weighted by molar-refractivity contribution is 5.21. The third kappa shape index (κ3) is 9.87. The van der Waals surface area contributed by atoms with Gasteiger partial charge in [-0.25, -0.2) is 0 Å². The van der Waals surface area contributed by atoms with E-state index in [1.807, 2.05) is 18.2 Å². The normalized spacial score (nSPS) is 12.3. The third-order valence-electron chi connectivity index (χ3n) is 4.38. The van der Waals surface area contributed by atoms with Gasteiger partial charge in [0, 0.05) is 0 Å². The summed E-state index contributed by atoms with van der Waals surface area (Å²) in [6.45, 7) is 4.51. The van der Waals surface area contributed by atoms with Crippen LogP contribution in [0.25, 0.3) is 0 Å². The minimum Gasteiger partial charge on any atom is -0.490 e. The van der Waals surface area contributed by atoms with Crippen molar-refractivity contribution < 1.29 is 4.74 Å². The van der Waals surface area contributed by atoms with Crippen LogP contribution in [0.5, 0.6) is 5.75 Å². The van der Waals surface area contributed by atoms with Gasteiger partial charge in [-0.05, 0) is 31.4 Å². The molecule has 0 fully saturated rings. The Balaban J connectivity index is 1.96. The standard InChI is InChI=1S/C21H36O/c1-3-5-6-7-8-9-10-11-12-14-17-20(4-2)22-21-18-15-13-16-19-21/h13,15-16,18-20H,3-12,14,17H2,1-2H3. The van der Waals surface area contributed by atoms with Crippen LogP contribution >= 0.6 is 0 Å². The molecule has 22 heavy (non-hydrogen) atoms. The van der Waals surface area contributed by atoms with Gasteiger partial charge in [-0.2, -0.15) is 0 Å². The number of hydrogen-bond donors (Lipinski definition) is 0. The maximum absolute atomic E-state index is 6.05. The van der Waals surface area contributed by atoms with Crippen LogP contribution in [0, 0.1) is 0 Å². The summed E-state index contributed by atoms with van der Waals surface area (Å²) in [5, 5.41) is 0. The van der Waals surface area contributed by atoms with Crippen molar-refractivity contribution in [2.24, 2.45) is 0 Å². The van der Waals surface area contributed by atoms with E-state index >= 15 is 0 Å². The number of para-hydroxylation sites is 1. The molecule has 126 valence electrons. The van der Waals surface area contributed by atoms with Crippen molar-refractivity contribution >= 4 is 0 Å². The molecule has 1 rings (SSSR count). The van der Waals surface area contributed by atoms with E-state index in [0.717, 1.165) is 12.2 Å². The highest BCUT2D eigenvalue weighted by Gasteiger charge is 2.07. The second-order valence-corrected chi connectivity index (χ2v) is 6.43. The SMILES string of the molecule is CCCCCCCCCCCCC(CC)Oc1ccccc1. The Morgan fingerprint density at radius 3 is 1.82 bits per heavy atom. The van der Waals surface area contributed by atoms with E-state index in [9.17, 15) is 0 Å². The number of rotatable bonds is 14. The fourth-order valence-electron chi connectivity index (χ4n) is 2.90. The first kappa shape index (κ1) is 19.1. The molecule has 1 aromatic carbocycles. The Morgan fingerprint density at radius 1 is 0.727 bits per heavy atom. The highest BCUT2D eigenvalue weighted by Crippen LogP contribution is 2.17. The van der Waals surface area contributed by atoms with Crippen molar-refractivity contribution in [2.45, 2.75) is 97.0 Å². The zero-order chi connectivity index (χ0) is 15.9. The molecule has 0 amide bonds. The summed E-state index contributed by atoms with van der Waals surface area (Å²) in [6.07, 6.45) is 16.7. The molecule has 0 heterocycles. The highest BCUT2D eigenvalue weighted by atomic mass is 16.5. The smallest absolute Gasteiger partial charge is 0.119 e. The monoisotopic (exact) mass is 304 g/mol. The molecule has 1 unspecified atom stereocenters. The summed E-state index contributed by atoms with van der Waals surface area (Å²) >= 11 is 0. The van der Waals surface area contributed by atoms with Gasteiger partial charge in [-0.1, -0.05) is 89.8 Å². The summed E-state index contributed by atoms with van der Waals surface area (Å²) in [6, 6.07) is 10.2. The van der Waals surface area contributed by atoms with Crippen molar-refractivity contribution in [3.05, 3.63) is 30.3 Å². The molecule has 0 aliphatic carbocycles. The van der Waals surface area contributed by atoms with Crippen LogP contribution in [0.3, 0.4) is 0 Å². The van der Waals surface area contributed by atoms with Crippen molar-refractivity contribution in [2.75, 3.05) is 0 Å². The van der Waals surface area contributed by atoms with E-state index in [1.165, 1.54) is 70.6 Å². The Labute approximate surface area is 138 Å². The molecule has 0 aromatic heterocycles. The first-order chi connectivity index (χ1) is 10.9. The molecule has 0 aliphatic rings. The molecule has 1 aromatic rings. The van der Waals surface area contributed by atoms with Crippen LogP contribution in [0.1, 0.15) is 90.9 Å². The lowest BCUT2D eigenvalue weighted by Gasteiger charge is -2.17. The Bertz CT molecular complexity index is 333. The molecule has 1 heteroatoms. The molecule has 0 bridgehead atoms. The molecule has 1 nitrogen and oxygen atoms in total. The second kappa shape index (κ2) is 13.7. The molecule has 1 atom stereocenters. The van der Waals surface area contributed by atoms with Crippen molar-refractivity contribution in [3.8, 4) is 5.75 Å². The summed E-state index contributed by atoms with van der Waals surface area (Å²) in [7, 11) is 0. The largest absolute Gasteiger partial charge is 0.490 e. The molecule has 0 saturated heterocycles. The van der Waals surface area contributed by atoms with Gasteiger partial charge in [-0.15, -0.1) is 0 Å². The fourth-order valence-corrected chi connectivity index (χ4v) is 2.90. The van der Waals surface area contributed by atoms with Gasteiger partial charge in [-0.3, -0.25) is 0 Å². The molecule has 0 saturated carbocycles. The van der Waals surface area contributed by atoms with E-state index < -0.39 is 0 Å². The Morgan fingerprint density at radius 2 is 1.27 bits per heavy atom. The number of benzene rings is 1. The van der Waals surface area contributed by atoms with E-state index in [4.69, 9.17) is 4.74 Å². The molecule has 0 aliphatic heterocycles. The molecular weight excluding hydrogens is 268 g/mol. The maximum Gasteiger partial charge on any atom is 0.119 e. The van der Waals surface area contributed by atoms with E-state index in [0.29, 0.717) is 6.10 Å². The zero-order valence-electron chi connectivity index (χ0n) is 14.9. The average Bonchev–Trinajstić information content (AvgIpc) is 2.56. The van der Waals surface area contributed by atoms with E-state index in [1.54, 1.807) is 0 Å². The first-order valence-corrected chi connectivity index (χ1v) is 9.58. The average molecular weight is 305 g/mol. The third-order valence-corrected chi connectivity index (χ3v) is 4.38. The van der Waals surface area contributed by atoms with Gasteiger partial charge >= 0.3 is 0 Å². The van der Waals surface area contributed by atoms with Crippen LogP contribution < -0.4 is 4.74 Å². The van der Waals surface area contributed by atoms with Crippen LogP contribution in [0.4, 0.5) is 0 Å². The summed E-state index contributed by atoms with van der Waals surface area (Å²) in [4.78, 5) is 0. The Kier molecular flexibility index (Phi) is 11.8. The Hall–Kier alpha value is -0.980. The van der Waals surface area contributed by atoms with Crippen LogP contribution in [-0.2, 0) is 0 Å². The summed E-state index contributed by atoms with van der Waals surface area (Å²) in [5.41, 5.74) is 0. The van der Waals surface area contributed by atoms with Crippen LogP contribution in [0.2, 0.25) is 0 Å². The van der Waals surface area contributed by atoms with E-state index in [2.05, 4.69) is 26.0 Å².